The van der Waals surface area contributed by atoms with Gasteiger partial charge in [0.25, 0.3) is 11.5 Å². The Kier molecular flexibility index (Phi) is 8.55. The number of nitrogens with zero attached hydrogens (tertiary/aromatic N) is 4. The van der Waals surface area contributed by atoms with Gasteiger partial charge >= 0.3 is 5.97 Å². The average Bonchev–Trinajstić information content (AvgIpc) is 3.09. The molecule has 3 rings (SSSR count). The van der Waals surface area contributed by atoms with Crippen molar-refractivity contribution in [3.8, 4) is 6.07 Å². The van der Waals surface area contributed by atoms with Gasteiger partial charge in [0.2, 0.25) is 0 Å². The summed E-state index contributed by atoms with van der Waals surface area (Å²) < 4.78 is 7.33. The third-order valence-corrected chi connectivity index (χ3v) is 7.55. The molecule has 0 aromatic carbocycles. The first-order valence-corrected chi connectivity index (χ1v) is 12.9. The van der Waals surface area contributed by atoms with Crippen LogP contribution in [0, 0.1) is 24.2 Å². The van der Waals surface area contributed by atoms with Crippen molar-refractivity contribution in [2.75, 3.05) is 31.1 Å². The van der Waals surface area contributed by atoms with Gasteiger partial charge in [0.05, 0.1) is 17.4 Å². The quantitative estimate of drug-likeness (QED) is 0.318. The van der Waals surface area contributed by atoms with E-state index in [-0.39, 0.29) is 28.9 Å². The van der Waals surface area contributed by atoms with E-state index in [0.29, 0.717) is 78.2 Å². The van der Waals surface area contributed by atoms with Crippen LogP contribution in [0.4, 0.5) is 5.82 Å². The number of anilines is 1. The molecule has 182 valence electrons. The van der Waals surface area contributed by atoms with Gasteiger partial charge in [-0.15, -0.1) is 0 Å². The lowest BCUT2D eigenvalue weighted by Gasteiger charge is -2.35. The van der Waals surface area contributed by atoms with E-state index in [9.17, 15) is 19.6 Å². The number of carbonyl (C=O) groups is 2. The molecule has 0 bridgehead atoms. The Morgan fingerprint density at radius 1 is 1.26 bits per heavy atom. The lowest BCUT2D eigenvalue weighted by molar-refractivity contribution is -0.148. The predicted octanol–water partition coefficient (Wildman–Crippen LogP) is 3.44. The average molecular weight is 503 g/mol. The highest BCUT2D eigenvalue weighted by Crippen LogP contribution is 2.36. The second kappa shape index (κ2) is 11.2. The molecule has 0 atom stereocenters. The summed E-state index contributed by atoms with van der Waals surface area (Å²) in [6.45, 7) is 9.79. The number of ether oxygens (including phenoxy) is 1. The van der Waals surface area contributed by atoms with Crippen LogP contribution in [0.15, 0.2) is 9.70 Å². The van der Waals surface area contributed by atoms with Gasteiger partial charge in [-0.05, 0) is 51.7 Å². The lowest BCUT2D eigenvalue weighted by Crippen LogP contribution is -2.41. The van der Waals surface area contributed by atoms with Crippen molar-refractivity contribution in [3.05, 3.63) is 31.9 Å². The molecule has 34 heavy (non-hydrogen) atoms. The second-order valence-corrected chi connectivity index (χ2v) is 9.92. The highest BCUT2D eigenvalue weighted by atomic mass is 32.2. The highest BCUT2D eigenvalue weighted by molar-refractivity contribution is 8.26. The number of aromatic nitrogens is 1. The van der Waals surface area contributed by atoms with Gasteiger partial charge < -0.3 is 9.64 Å². The fourth-order valence-corrected chi connectivity index (χ4v) is 5.77. The Labute approximate surface area is 209 Å². The van der Waals surface area contributed by atoms with Crippen LogP contribution in [0.25, 0.3) is 6.08 Å². The Hall–Kier alpha value is -2.64. The van der Waals surface area contributed by atoms with E-state index < -0.39 is 0 Å². The van der Waals surface area contributed by atoms with Crippen molar-refractivity contribution < 1.29 is 14.3 Å². The van der Waals surface area contributed by atoms with Gasteiger partial charge in [0.15, 0.2) is 0 Å². The van der Waals surface area contributed by atoms with Gasteiger partial charge in [0.1, 0.15) is 21.8 Å². The summed E-state index contributed by atoms with van der Waals surface area (Å²) in [7, 11) is 0. The number of nitriles is 1. The molecule has 1 amide bonds. The summed E-state index contributed by atoms with van der Waals surface area (Å²) >= 11 is 6.59. The van der Waals surface area contributed by atoms with Crippen LogP contribution in [0.5, 0.6) is 0 Å². The molecule has 0 unspecified atom stereocenters. The maximum Gasteiger partial charge on any atom is 0.309 e. The van der Waals surface area contributed by atoms with Crippen molar-refractivity contribution in [3.63, 3.8) is 0 Å². The molecular formula is C24H30N4O4S2. The summed E-state index contributed by atoms with van der Waals surface area (Å²) in [5.74, 6) is 0.155. The Morgan fingerprint density at radius 2 is 1.94 bits per heavy atom. The van der Waals surface area contributed by atoms with Crippen LogP contribution in [0.2, 0.25) is 0 Å². The van der Waals surface area contributed by atoms with Crippen LogP contribution >= 0.6 is 24.0 Å². The molecule has 2 aliphatic heterocycles. The normalized spacial score (nSPS) is 18.0. The number of likely N-dealkylation sites (N-methyl/N-ethyl adjacent to an activating group) is 1. The number of thiocarbonyl (C=S) groups is 1. The van der Waals surface area contributed by atoms with Crippen molar-refractivity contribution >= 4 is 52.1 Å². The van der Waals surface area contributed by atoms with E-state index >= 15 is 0 Å². The van der Waals surface area contributed by atoms with Crippen molar-refractivity contribution in [2.24, 2.45) is 5.92 Å². The Bertz CT molecular complexity index is 1130. The number of rotatable bonds is 7. The molecule has 2 fully saturated rings. The SMILES string of the molecule is CCCn1c(N2CCC(C(=O)OCC)CC2)c(C=C2SC(=S)N(CC)C2=O)c(C)c(C#N)c1=O. The van der Waals surface area contributed by atoms with Gasteiger partial charge in [-0.3, -0.25) is 23.9 Å². The zero-order valence-corrected chi connectivity index (χ0v) is 21.7. The van der Waals surface area contributed by atoms with Crippen molar-refractivity contribution in [1.29, 1.82) is 5.26 Å². The van der Waals surface area contributed by atoms with Crippen molar-refractivity contribution in [2.45, 2.75) is 53.5 Å². The van der Waals surface area contributed by atoms with E-state index in [1.807, 2.05) is 13.8 Å². The summed E-state index contributed by atoms with van der Waals surface area (Å²) in [6, 6.07) is 2.06. The molecule has 0 spiro atoms. The first-order valence-electron chi connectivity index (χ1n) is 11.6. The van der Waals surface area contributed by atoms with Gasteiger partial charge in [-0.25, -0.2) is 0 Å². The maximum atomic E-state index is 13.3. The molecular weight excluding hydrogens is 472 g/mol. The topological polar surface area (TPSA) is 95.6 Å². The van der Waals surface area contributed by atoms with E-state index in [0.717, 1.165) is 0 Å². The summed E-state index contributed by atoms with van der Waals surface area (Å²) in [6.07, 6.45) is 3.69. The summed E-state index contributed by atoms with van der Waals surface area (Å²) in [5.41, 5.74) is 0.971. The van der Waals surface area contributed by atoms with Crippen LogP contribution < -0.4 is 10.5 Å². The van der Waals surface area contributed by atoms with Gasteiger partial charge in [0, 0.05) is 31.7 Å². The maximum absolute atomic E-state index is 13.3. The van der Waals surface area contributed by atoms with Crippen LogP contribution in [-0.4, -0.2) is 51.9 Å². The molecule has 3 heterocycles. The molecule has 10 heteroatoms. The number of amides is 1. The lowest BCUT2D eigenvalue weighted by atomic mass is 9.95. The molecule has 0 saturated carbocycles. The van der Waals surface area contributed by atoms with Crippen LogP contribution in [0.1, 0.15) is 56.7 Å². The summed E-state index contributed by atoms with van der Waals surface area (Å²) in [5, 5.41) is 9.75. The fraction of sp³-hybridized carbons (Fsp3) is 0.542. The third kappa shape index (κ3) is 4.91. The Morgan fingerprint density at radius 3 is 2.47 bits per heavy atom. The standard InChI is InChI=1S/C24H30N4O4S2/c1-5-10-28-20(26-11-8-16(9-12-26)23(31)32-7-3)17(15(4)18(14-25)21(28)29)13-19-22(30)27(6-2)24(33)34-19/h13,16H,5-12H2,1-4H3. The fourth-order valence-electron chi connectivity index (χ4n) is 4.41. The monoisotopic (exact) mass is 502 g/mol. The van der Waals surface area contributed by atoms with E-state index in [4.69, 9.17) is 17.0 Å². The summed E-state index contributed by atoms with van der Waals surface area (Å²) in [4.78, 5) is 42.5. The second-order valence-electron chi connectivity index (χ2n) is 8.25. The van der Waals surface area contributed by atoms with Crippen molar-refractivity contribution in [1.82, 2.24) is 9.47 Å². The van der Waals surface area contributed by atoms with Crippen LogP contribution in [0.3, 0.4) is 0 Å². The Balaban J connectivity index is 2.13. The molecule has 2 saturated heterocycles. The number of thioether (sulfide) groups is 1. The molecule has 8 nitrogen and oxygen atoms in total. The zero-order valence-electron chi connectivity index (χ0n) is 20.0. The number of hydrogen-bond donors (Lipinski definition) is 0. The van der Waals surface area contributed by atoms with Gasteiger partial charge in [-0.1, -0.05) is 30.9 Å². The third-order valence-electron chi connectivity index (χ3n) is 6.17. The van der Waals surface area contributed by atoms with E-state index in [1.54, 1.807) is 29.4 Å². The van der Waals surface area contributed by atoms with Crippen LogP contribution in [-0.2, 0) is 20.9 Å². The minimum Gasteiger partial charge on any atom is -0.466 e. The van der Waals surface area contributed by atoms with E-state index in [2.05, 4.69) is 11.0 Å². The first-order chi connectivity index (χ1) is 16.3. The molecule has 0 N–H and O–H groups in total. The minimum absolute atomic E-state index is 0.0795. The van der Waals surface area contributed by atoms with E-state index in [1.165, 1.54) is 11.8 Å². The number of piperidine rings is 1. The smallest absolute Gasteiger partial charge is 0.309 e. The highest BCUT2D eigenvalue weighted by Gasteiger charge is 2.33. The van der Waals surface area contributed by atoms with Gasteiger partial charge in [-0.2, -0.15) is 5.26 Å². The molecule has 1 aromatic rings. The zero-order chi connectivity index (χ0) is 25.0. The molecule has 0 radical (unpaired) electrons. The first kappa shape index (κ1) is 26.0. The number of esters is 1. The predicted molar refractivity (Wildman–Crippen MR) is 138 cm³/mol. The molecule has 2 aliphatic rings. The minimum atomic E-state index is -0.331. The molecule has 1 aromatic heterocycles. The molecule has 0 aliphatic carbocycles. The number of pyridine rings is 1. The number of carbonyl (C=O) groups excluding carboxylic acids is 2. The largest absolute Gasteiger partial charge is 0.466 e. The number of hydrogen-bond acceptors (Lipinski definition) is 8.